The monoisotopic (exact) mass is 489 g/mol. The lowest BCUT2D eigenvalue weighted by atomic mass is 10.2. The summed E-state index contributed by atoms with van der Waals surface area (Å²) >= 11 is 7.38. The van der Waals surface area contributed by atoms with Crippen molar-refractivity contribution in [3.63, 3.8) is 0 Å². The summed E-state index contributed by atoms with van der Waals surface area (Å²) in [7, 11) is -1.73. The summed E-state index contributed by atoms with van der Waals surface area (Å²) in [6.45, 7) is 4.79. The highest BCUT2D eigenvalue weighted by Crippen LogP contribution is 2.44. The number of nitrogens with zero attached hydrogens (tertiary/aromatic N) is 2. The largest absolute Gasteiger partial charge is 0.495 e. The number of rotatable bonds is 4. The minimum Gasteiger partial charge on any atom is -0.495 e. The van der Waals surface area contributed by atoms with E-state index < -0.39 is 33.5 Å². The van der Waals surface area contributed by atoms with E-state index in [0.717, 1.165) is 0 Å². The molecule has 12 heteroatoms. The molecular weight excluding hydrogens is 466 g/mol. The van der Waals surface area contributed by atoms with Crippen LogP contribution in [0.1, 0.15) is 20.8 Å². The van der Waals surface area contributed by atoms with Crippen LogP contribution in [0.5, 0.6) is 5.75 Å². The lowest BCUT2D eigenvalue weighted by Crippen LogP contribution is -2.39. The van der Waals surface area contributed by atoms with Gasteiger partial charge in [0.25, 0.3) is 5.91 Å². The molecule has 0 aromatic heterocycles. The first-order chi connectivity index (χ1) is 14.4. The van der Waals surface area contributed by atoms with E-state index >= 15 is 0 Å². The fourth-order valence-corrected chi connectivity index (χ4v) is 7.40. The van der Waals surface area contributed by atoms with Crippen LogP contribution in [0.15, 0.2) is 23.2 Å². The van der Waals surface area contributed by atoms with Gasteiger partial charge >= 0.3 is 6.09 Å². The van der Waals surface area contributed by atoms with Crippen LogP contribution in [0.4, 0.5) is 10.5 Å². The van der Waals surface area contributed by atoms with Crippen molar-refractivity contribution in [1.82, 2.24) is 5.32 Å². The SMILES string of the molecule is COc1ccc(Cl)cc1N1C(=NC(=O)CNC(=O)OC(C)(C)C)SC2CS(=O)(=O)CC21. The van der Waals surface area contributed by atoms with Gasteiger partial charge in [0.05, 0.1) is 30.3 Å². The molecule has 0 saturated carbocycles. The van der Waals surface area contributed by atoms with Crippen LogP contribution in [0.25, 0.3) is 0 Å². The summed E-state index contributed by atoms with van der Waals surface area (Å²) in [6, 6.07) is 4.56. The maximum Gasteiger partial charge on any atom is 0.408 e. The van der Waals surface area contributed by atoms with E-state index in [1.54, 1.807) is 43.9 Å². The molecule has 1 aromatic carbocycles. The highest BCUT2D eigenvalue weighted by molar-refractivity contribution is 8.16. The summed E-state index contributed by atoms with van der Waals surface area (Å²) in [5, 5.41) is 2.86. The Morgan fingerprint density at radius 1 is 1.32 bits per heavy atom. The number of halogens is 1. The molecule has 0 radical (unpaired) electrons. The molecule has 3 rings (SSSR count). The van der Waals surface area contributed by atoms with Crippen molar-refractivity contribution < 1.29 is 27.5 Å². The molecule has 2 aliphatic heterocycles. The summed E-state index contributed by atoms with van der Waals surface area (Å²) in [5.41, 5.74) is -0.165. The number of aliphatic imine (C=N–C) groups is 1. The third kappa shape index (κ3) is 5.83. The number of hydrogen-bond donors (Lipinski definition) is 1. The second-order valence-corrected chi connectivity index (χ2v) is 11.9. The zero-order valence-corrected chi connectivity index (χ0v) is 19.9. The van der Waals surface area contributed by atoms with Crippen LogP contribution in [0.3, 0.4) is 0 Å². The summed E-state index contributed by atoms with van der Waals surface area (Å²) < 4.78 is 34.9. The molecule has 1 N–H and O–H groups in total. The van der Waals surface area contributed by atoms with Crippen molar-refractivity contribution in [1.29, 1.82) is 0 Å². The van der Waals surface area contributed by atoms with Crippen molar-refractivity contribution in [2.45, 2.75) is 37.7 Å². The molecule has 31 heavy (non-hydrogen) atoms. The molecule has 2 amide bonds. The van der Waals surface area contributed by atoms with Gasteiger partial charge in [0.2, 0.25) is 0 Å². The number of thioether (sulfide) groups is 1. The Morgan fingerprint density at radius 2 is 2.03 bits per heavy atom. The predicted molar refractivity (Wildman–Crippen MR) is 121 cm³/mol. The quantitative estimate of drug-likeness (QED) is 0.686. The van der Waals surface area contributed by atoms with Gasteiger partial charge in [-0.3, -0.25) is 4.79 Å². The Kier molecular flexibility index (Phi) is 6.78. The van der Waals surface area contributed by atoms with Gasteiger partial charge in [-0.2, -0.15) is 4.99 Å². The first kappa shape index (κ1) is 23.7. The molecule has 0 aliphatic carbocycles. The predicted octanol–water partition coefficient (Wildman–Crippen LogP) is 2.47. The van der Waals surface area contributed by atoms with Gasteiger partial charge in [-0.1, -0.05) is 23.4 Å². The fourth-order valence-electron chi connectivity index (χ4n) is 3.31. The number of alkyl carbamates (subject to hydrolysis) is 1. The van der Waals surface area contributed by atoms with Crippen molar-refractivity contribution >= 4 is 56.1 Å². The number of amides is 2. The third-order valence-electron chi connectivity index (χ3n) is 4.47. The van der Waals surface area contributed by atoms with Crippen LogP contribution in [0, 0.1) is 0 Å². The molecule has 2 atom stereocenters. The number of carbonyl (C=O) groups is 2. The van der Waals surface area contributed by atoms with Gasteiger partial charge in [-0.05, 0) is 39.0 Å². The number of hydrogen-bond acceptors (Lipinski definition) is 7. The maximum absolute atomic E-state index is 12.4. The highest BCUT2D eigenvalue weighted by atomic mass is 35.5. The minimum atomic E-state index is -3.22. The molecule has 1 aromatic rings. The molecule has 2 saturated heterocycles. The normalized spacial score (nSPS) is 23.5. The Morgan fingerprint density at radius 3 is 2.68 bits per heavy atom. The van der Waals surface area contributed by atoms with Gasteiger partial charge in [-0.25, -0.2) is 13.2 Å². The van der Waals surface area contributed by atoms with Crippen molar-refractivity contribution in [3.8, 4) is 5.75 Å². The minimum absolute atomic E-state index is 0.00885. The first-order valence-corrected chi connectivity index (χ1v) is 12.5. The number of fused-ring (bicyclic) bond motifs is 1. The van der Waals surface area contributed by atoms with E-state index in [1.807, 2.05) is 0 Å². The second kappa shape index (κ2) is 8.87. The molecule has 2 unspecified atom stereocenters. The Labute approximate surface area is 190 Å². The zero-order valence-electron chi connectivity index (χ0n) is 17.5. The van der Waals surface area contributed by atoms with E-state index in [-0.39, 0.29) is 23.3 Å². The molecule has 2 aliphatic rings. The third-order valence-corrected chi connectivity index (χ3v) is 7.92. The molecule has 170 valence electrons. The number of nitrogens with one attached hydrogen (secondary N) is 1. The zero-order chi connectivity index (χ0) is 23.0. The van der Waals surface area contributed by atoms with E-state index in [0.29, 0.717) is 21.6 Å². The summed E-state index contributed by atoms with van der Waals surface area (Å²) in [5.74, 6) is -0.196. The number of amidine groups is 1. The molecular formula is C19H24ClN3O6S2. The molecule has 0 spiro atoms. The number of sulfone groups is 1. The van der Waals surface area contributed by atoms with Gasteiger partial charge in [0.15, 0.2) is 15.0 Å². The van der Waals surface area contributed by atoms with Gasteiger partial charge in [0.1, 0.15) is 17.9 Å². The Hall–Kier alpha value is -1.98. The number of benzene rings is 1. The molecule has 9 nitrogen and oxygen atoms in total. The number of carbonyl (C=O) groups excluding carboxylic acids is 2. The Balaban J connectivity index is 1.86. The Bertz CT molecular complexity index is 1020. The lowest BCUT2D eigenvalue weighted by molar-refractivity contribution is -0.117. The molecule has 2 fully saturated rings. The van der Waals surface area contributed by atoms with Crippen LogP contribution in [-0.4, -0.2) is 67.6 Å². The average molecular weight is 490 g/mol. The summed E-state index contributed by atoms with van der Waals surface area (Å²) in [4.78, 5) is 30.1. The van der Waals surface area contributed by atoms with Crippen molar-refractivity contribution in [2.24, 2.45) is 4.99 Å². The van der Waals surface area contributed by atoms with Crippen molar-refractivity contribution in [3.05, 3.63) is 23.2 Å². The number of ether oxygens (including phenoxy) is 2. The van der Waals surface area contributed by atoms with Crippen LogP contribution in [0.2, 0.25) is 5.02 Å². The van der Waals surface area contributed by atoms with E-state index in [4.69, 9.17) is 21.1 Å². The molecule has 2 heterocycles. The van der Waals surface area contributed by atoms with Gasteiger partial charge < -0.3 is 19.7 Å². The summed E-state index contributed by atoms with van der Waals surface area (Å²) in [6.07, 6.45) is -0.726. The maximum atomic E-state index is 12.4. The fraction of sp³-hybridized carbons (Fsp3) is 0.526. The van der Waals surface area contributed by atoms with Gasteiger partial charge in [-0.15, -0.1) is 0 Å². The lowest BCUT2D eigenvalue weighted by Gasteiger charge is -2.26. The van der Waals surface area contributed by atoms with E-state index in [2.05, 4.69) is 10.3 Å². The average Bonchev–Trinajstić information content (AvgIpc) is 3.09. The first-order valence-electron chi connectivity index (χ1n) is 9.47. The van der Waals surface area contributed by atoms with Crippen LogP contribution < -0.4 is 15.0 Å². The smallest absolute Gasteiger partial charge is 0.408 e. The number of anilines is 1. The van der Waals surface area contributed by atoms with Crippen LogP contribution in [-0.2, 0) is 19.4 Å². The topological polar surface area (TPSA) is 114 Å². The van der Waals surface area contributed by atoms with Crippen LogP contribution >= 0.6 is 23.4 Å². The van der Waals surface area contributed by atoms with Crippen molar-refractivity contribution in [2.75, 3.05) is 30.1 Å². The second-order valence-electron chi connectivity index (χ2n) is 8.13. The standard InChI is InChI=1S/C19H24ClN3O6S2/c1-19(2,3)29-18(25)21-8-16(24)22-17-23(12-7-11(20)5-6-14(12)28-4)13-9-31(26,27)10-15(13)30-17/h5-7,13,15H,8-10H2,1-4H3,(H,21,25). The van der Waals surface area contributed by atoms with E-state index in [9.17, 15) is 18.0 Å². The molecule has 0 bridgehead atoms. The van der Waals surface area contributed by atoms with Gasteiger partial charge in [0, 0.05) is 10.3 Å². The highest BCUT2D eigenvalue weighted by Gasteiger charge is 2.50. The number of methoxy groups -OCH3 is 1. The van der Waals surface area contributed by atoms with E-state index in [1.165, 1.54) is 18.9 Å².